The van der Waals surface area contributed by atoms with Crippen LogP contribution in [0.25, 0.3) is 11.2 Å². The summed E-state index contributed by atoms with van der Waals surface area (Å²) in [7, 11) is 0. The van der Waals surface area contributed by atoms with Crippen LogP contribution in [-0.2, 0) is 4.74 Å². The van der Waals surface area contributed by atoms with Gasteiger partial charge in [0.25, 0.3) is 5.85 Å². The van der Waals surface area contributed by atoms with E-state index < -0.39 is 30.5 Å². The highest BCUT2D eigenvalue weighted by Crippen LogP contribution is 2.47. The Kier molecular flexibility index (Phi) is 3.93. The number of aromatic nitrogens is 4. The molecule has 3 rings (SSSR count). The number of alkyl halides is 2. The standard InChI is InChI=1S/C14H18F2N4O4/c1-4-23-10-8-9(18-7(2)19-10)20(6-17-8)12-13(3,22)11(15)14(16,5-21)24-12/h6,11-12,21-22H,4-5H2,1-3H3/t11-,12+,13+,14+/m0/s1. The van der Waals surface area contributed by atoms with Crippen LogP contribution in [-0.4, -0.2) is 60.6 Å². The van der Waals surface area contributed by atoms with Crippen LogP contribution in [0.3, 0.4) is 0 Å². The lowest BCUT2D eigenvalue weighted by Gasteiger charge is -2.25. The first-order valence-electron chi connectivity index (χ1n) is 7.42. The number of aliphatic hydroxyl groups is 2. The van der Waals surface area contributed by atoms with Crippen molar-refractivity contribution in [2.24, 2.45) is 0 Å². The average Bonchev–Trinajstić information content (AvgIpc) is 3.01. The van der Waals surface area contributed by atoms with E-state index in [-0.39, 0.29) is 17.0 Å². The second-order valence-electron chi connectivity index (χ2n) is 5.84. The molecule has 132 valence electrons. The summed E-state index contributed by atoms with van der Waals surface area (Å²) in [6.45, 7) is 3.60. The second kappa shape index (κ2) is 5.57. The van der Waals surface area contributed by atoms with E-state index in [2.05, 4.69) is 15.0 Å². The summed E-state index contributed by atoms with van der Waals surface area (Å²) in [6, 6.07) is 0. The summed E-state index contributed by atoms with van der Waals surface area (Å²) in [6.07, 6.45) is -2.69. The van der Waals surface area contributed by atoms with Gasteiger partial charge in [-0.1, -0.05) is 0 Å². The number of aliphatic hydroxyl groups excluding tert-OH is 1. The Morgan fingerprint density at radius 1 is 1.46 bits per heavy atom. The fraction of sp³-hybridized carbons (Fsp3) is 0.643. The second-order valence-corrected chi connectivity index (χ2v) is 5.84. The molecule has 0 unspecified atom stereocenters. The van der Waals surface area contributed by atoms with Crippen molar-refractivity contribution in [3.63, 3.8) is 0 Å². The fourth-order valence-electron chi connectivity index (χ4n) is 2.79. The van der Waals surface area contributed by atoms with Gasteiger partial charge >= 0.3 is 0 Å². The van der Waals surface area contributed by atoms with E-state index in [0.29, 0.717) is 12.4 Å². The maximum atomic E-state index is 14.4. The van der Waals surface area contributed by atoms with Crippen LogP contribution >= 0.6 is 0 Å². The molecular formula is C14H18F2N4O4. The number of fused-ring (bicyclic) bond motifs is 1. The molecule has 4 atom stereocenters. The molecule has 2 aromatic rings. The van der Waals surface area contributed by atoms with Gasteiger partial charge in [-0.2, -0.15) is 4.98 Å². The summed E-state index contributed by atoms with van der Waals surface area (Å²) in [5, 5.41) is 19.5. The van der Waals surface area contributed by atoms with Gasteiger partial charge in [-0.25, -0.2) is 18.7 Å². The third-order valence-corrected chi connectivity index (χ3v) is 3.95. The third kappa shape index (κ3) is 2.33. The maximum Gasteiger partial charge on any atom is 0.268 e. The molecule has 0 radical (unpaired) electrons. The van der Waals surface area contributed by atoms with E-state index in [1.54, 1.807) is 13.8 Å². The van der Waals surface area contributed by atoms with Crippen LogP contribution in [0.1, 0.15) is 25.9 Å². The first-order chi connectivity index (χ1) is 11.2. The molecule has 2 aromatic heterocycles. The van der Waals surface area contributed by atoms with Crippen molar-refractivity contribution < 1.29 is 28.5 Å². The average molecular weight is 344 g/mol. The van der Waals surface area contributed by atoms with E-state index in [1.807, 2.05) is 0 Å². The minimum atomic E-state index is -3.02. The van der Waals surface area contributed by atoms with Crippen LogP contribution in [0.15, 0.2) is 6.33 Å². The molecule has 1 aliphatic rings. The van der Waals surface area contributed by atoms with Crippen molar-refractivity contribution in [2.45, 2.75) is 44.6 Å². The van der Waals surface area contributed by atoms with Crippen molar-refractivity contribution in [2.75, 3.05) is 13.2 Å². The van der Waals surface area contributed by atoms with E-state index in [0.717, 1.165) is 6.92 Å². The highest BCUT2D eigenvalue weighted by molar-refractivity contribution is 5.76. The minimum absolute atomic E-state index is 0.200. The number of rotatable bonds is 4. The molecule has 0 spiro atoms. The topological polar surface area (TPSA) is 103 Å². The van der Waals surface area contributed by atoms with Crippen LogP contribution < -0.4 is 4.74 Å². The monoisotopic (exact) mass is 344 g/mol. The third-order valence-electron chi connectivity index (χ3n) is 3.95. The van der Waals surface area contributed by atoms with E-state index in [4.69, 9.17) is 14.6 Å². The van der Waals surface area contributed by atoms with E-state index >= 15 is 0 Å². The van der Waals surface area contributed by atoms with Gasteiger partial charge in [-0.15, -0.1) is 0 Å². The highest BCUT2D eigenvalue weighted by atomic mass is 19.2. The molecule has 3 heterocycles. The maximum absolute atomic E-state index is 14.4. The molecule has 0 amide bonds. The van der Waals surface area contributed by atoms with Crippen LogP contribution in [0, 0.1) is 6.92 Å². The SMILES string of the molecule is CCOc1nc(C)nc2c1ncn2[C@@H]1O[C@](F)(CO)[C@@H](F)[C@@]1(C)O. The molecule has 10 heteroatoms. The van der Waals surface area contributed by atoms with Crippen molar-refractivity contribution in [1.82, 2.24) is 19.5 Å². The van der Waals surface area contributed by atoms with Gasteiger partial charge in [-0.05, 0) is 20.8 Å². The first-order valence-corrected chi connectivity index (χ1v) is 7.42. The number of hydrogen-bond acceptors (Lipinski definition) is 7. The lowest BCUT2D eigenvalue weighted by molar-refractivity contribution is -0.196. The molecule has 1 saturated heterocycles. The lowest BCUT2D eigenvalue weighted by Crippen LogP contribution is -2.45. The molecule has 1 fully saturated rings. The number of ether oxygens (including phenoxy) is 2. The van der Waals surface area contributed by atoms with Crippen molar-refractivity contribution in [1.29, 1.82) is 0 Å². The zero-order valence-electron chi connectivity index (χ0n) is 13.4. The Hall–Kier alpha value is -1.91. The van der Waals surface area contributed by atoms with Gasteiger partial charge in [0.1, 0.15) is 18.0 Å². The first kappa shape index (κ1) is 16.9. The van der Waals surface area contributed by atoms with Gasteiger partial charge < -0.3 is 19.7 Å². The number of nitrogens with zero attached hydrogens (tertiary/aromatic N) is 4. The van der Waals surface area contributed by atoms with Gasteiger partial charge in [0.2, 0.25) is 5.88 Å². The van der Waals surface area contributed by atoms with Crippen molar-refractivity contribution in [3.05, 3.63) is 12.2 Å². The van der Waals surface area contributed by atoms with Crippen molar-refractivity contribution >= 4 is 11.2 Å². The quantitative estimate of drug-likeness (QED) is 0.846. The van der Waals surface area contributed by atoms with Gasteiger partial charge in [0.05, 0.1) is 12.9 Å². The molecule has 1 aliphatic heterocycles. The number of imidazole rings is 1. The van der Waals surface area contributed by atoms with Crippen LogP contribution in [0.5, 0.6) is 5.88 Å². The Bertz CT molecular complexity index is 769. The zero-order valence-corrected chi connectivity index (χ0v) is 13.4. The summed E-state index contributed by atoms with van der Waals surface area (Å²) in [5.74, 6) is -2.44. The summed E-state index contributed by atoms with van der Waals surface area (Å²) in [5.41, 5.74) is -1.77. The van der Waals surface area contributed by atoms with E-state index in [1.165, 1.54) is 10.9 Å². The molecule has 0 aromatic carbocycles. The van der Waals surface area contributed by atoms with E-state index in [9.17, 15) is 13.9 Å². The molecule has 2 N–H and O–H groups in total. The lowest BCUT2D eigenvalue weighted by atomic mass is 9.97. The number of hydrogen-bond donors (Lipinski definition) is 2. The molecule has 24 heavy (non-hydrogen) atoms. The van der Waals surface area contributed by atoms with Crippen LogP contribution in [0.4, 0.5) is 8.78 Å². The number of aryl methyl sites for hydroxylation is 1. The Morgan fingerprint density at radius 3 is 2.75 bits per heavy atom. The largest absolute Gasteiger partial charge is 0.476 e. The fourth-order valence-corrected chi connectivity index (χ4v) is 2.79. The molecule has 0 bridgehead atoms. The molecular weight excluding hydrogens is 326 g/mol. The van der Waals surface area contributed by atoms with Crippen molar-refractivity contribution in [3.8, 4) is 5.88 Å². The van der Waals surface area contributed by atoms with Gasteiger partial charge in [0, 0.05) is 0 Å². The predicted octanol–water partition coefficient (Wildman–Crippen LogP) is 0.809. The Morgan fingerprint density at radius 2 is 2.17 bits per heavy atom. The summed E-state index contributed by atoms with van der Waals surface area (Å²) >= 11 is 0. The minimum Gasteiger partial charge on any atom is -0.476 e. The summed E-state index contributed by atoms with van der Waals surface area (Å²) in [4.78, 5) is 12.4. The molecule has 0 aliphatic carbocycles. The Balaban J connectivity index is 2.13. The summed E-state index contributed by atoms with van der Waals surface area (Å²) < 4.78 is 40.2. The molecule has 8 nitrogen and oxygen atoms in total. The molecule has 0 saturated carbocycles. The Labute approximate surface area is 136 Å². The normalized spacial score (nSPS) is 33.3. The van der Waals surface area contributed by atoms with Crippen LogP contribution in [0.2, 0.25) is 0 Å². The van der Waals surface area contributed by atoms with Gasteiger partial charge in [-0.3, -0.25) is 4.57 Å². The predicted molar refractivity (Wildman–Crippen MR) is 77.8 cm³/mol. The zero-order chi connectivity index (χ0) is 17.7. The smallest absolute Gasteiger partial charge is 0.268 e. The van der Waals surface area contributed by atoms with Gasteiger partial charge in [0.15, 0.2) is 23.6 Å². The number of halogens is 2. The highest BCUT2D eigenvalue weighted by Gasteiger charge is 2.64.